The highest BCUT2D eigenvalue weighted by Crippen LogP contribution is 2.40. The van der Waals surface area contributed by atoms with Crippen LogP contribution in [0.2, 0.25) is 5.02 Å². The van der Waals surface area contributed by atoms with Crippen LogP contribution in [0.4, 0.5) is 13.2 Å². The quantitative estimate of drug-likeness (QED) is 0.910. The third-order valence-electron chi connectivity index (χ3n) is 2.89. The fraction of sp³-hybridized carbons (Fsp3) is 0.500. The smallest absolute Gasteiger partial charge is 0.416 e. The summed E-state index contributed by atoms with van der Waals surface area (Å²) in [7, 11) is 1.31. The molecule has 7 heteroatoms. The topological polar surface area (TPSA) is 30.5 Å². The van der Waals surface area contributed by atoms with Crippen LogP contribution < -0.4 is 10.1 Å². The first-order valence-corrected chi connectivity index (χ1v) is 6.08. The Labute approximate surface area is 113 Å². The zero-order valence-corrected chi connectivity index (χ0v) is 10.9. The minimum atomic E-state index is -4.46. The molecule has 1 atom stereocenters. The Kier molecular flexibility index (Phi) is 4.23. The first-order valence-electron chi connectivity index (χ1n) is 5.70. The molecular formula is C12H13ClF3NO2. The van der Waals surface area contributed by atoms with Crippen LogP contribution in [0, 0.1) is 0 Å². The van der Waals surface area contributed by atoms with Gasteiger partial charge in [-0.15, -0.1) is 0 Å². The van der Waals surface area contributed by atoms with E-state index in [9.17, 15) is 13.2 Å². The fourth-order valence-electron chi connectivity index (χ4n) is 1.99. The summed E-state index contributed by atoms with van der Waals surface area (Å²) in [6.45, 7) is 1.67. The summed E-state index contributed by atoms with van der Waals surface area (Å²) in [6, 6.07) is 1.84. The van der Waals surface area contributed by atoms with Crippen LogP contribution in [0.1, 0.15) is 17.2 Å². The van der Waals surface area contributed by atoms with Crippen molar-refractivity contribution in [2.24, 2.45) is 0 Å². The number of morpholine rings is 1. The van der Waals surface area contributed by atoms with Gasteiger partial charge in [0, 0.05) is 18.7 Å². The van der Waals surface area contributed by atoms with Gasteiger partial charge in [0.25, 0.3) is 0 Å². The lowest BCUT2D eigenvalue weighted by Gasteiger charge is -2.26. The van der Waals surface area contributed by atoms with E-state index in [-0.39, 0.29) is 10.8 Å². The molecule has 1 aromatic rings. The van der Waals surface area contributed by atoms with Crippen molar-refractivity contribution in [3.05, 3.63) is 28.3 Å². The Morgan fingerprint density at radius 1 is 1.42 bits per heavy atom. The van der Waals surface area contributed by atoms with Crippen LogP contribution in [0.25, 0.3) is 0 Å². The van der Waals surface area contributed by atoms with Crippen molar-refractivity contribution in [2.75, 3.05) is 26.8 Å². The minimum absolute atomic E-state index is 0.000347. The number of halogens is 4. The lowest BCUT2D eigenvalue weighted by atomic mass is 10.0. The molecule has 1 saturated heterocycles. The van der Waals surface area contributed by atoms with Gasteiger partial charge in [0.2, 0.25) is 0 Å². The second kappa shape index (κ2) is 5.56. The van der Waals surface area contributed by atoms with Gasteiger partial charge < -0.3 is 14.8 Å². The number of hydrogen-bond donors (Lipinski definition) is 1. The molecule has 1 heterocycles. The monoisotopic (exact) mass is 295 g/mol. The predicted octanol–water partition coefficient (Wildman–Crippen LogP) is 3.03. The number of hydrogen-bond acceptors (Lipinski definition) is 3. The van der Waals surface area contributed by atoms with E-state index in [0.29, 0.717) is 25.3 Å². The summed E-state index contributed by atoms with van der Waals surface area (Å²) >= 11 is 5.96. The van der Waals surface area contributed by atoms with E-state index in [0.717, 1.165) is 12.1 Å². The van der Waals surface area contributed by atoms with Crippen molar-refractivity contribution in [1.29, 1.82) is 0 Å². The molecule has 0 aliphatic carbocycles. The SMILES string of the molecule is COc1cc(C(F)(F)F)cc(Cl)c1C1CNCCO1. The van der Waals surface area contributed by atoms with Crippen LogP contribution in [-0.2, 0) is 10.9 Å². The Morgan fingerprint density at radius 3 is 2.68 bits per heavy atom. The fourth-order valence-corrected chi connectivity index (χ4v) is 2.32. The van der Waals surface area contributed by atoms with Gasteiger partial charge in [-0.2, -0.15) is 13.2 Å². The molecule has 0 aromatic heterocycles. The van der Waals surface area contributed by atoms with E-state index in [1.165, 1.54) is 7.11 Å². The molecule has 2 rings (SSSR count). The lowest BCUT2D eigenvalue weighted by Crippen LogP contribution is -2.33. The third-order valence-corrected chi connectivity index (χ3v) is 3.20. The Balaban J connectivity index is 2.43. The van der Waals surface area contributed by atoms with E-state index >= 15 is 0 Å². The second-order valence-electron chi connectivity index (χ2n) is 4.14. The standard InChI is InChI=1S/C12H13ClF3NO2/c1-18-9-5-7(12(14,15)16)4-8(13)11(9)10-6-17-2-3-19-10/h4-5,10,17H,2-3,6H2,1H3. The molecule has 0 bridgehead atoms. The normalized spacial score (nSPS) is 20.4. The van der Waals surface area contributed by atoms with Gasteiger partial charge >= 0.3 is 6.18 Å². The second-order valence-corrected chi connectivity index (χ2v) is 4.54. The van der Waals surface area contributed by atoms with E-state index in [4.69, 9.17) is 21.1 Å². The molecule has 1 fully saturated rings. The number of ether oxygens (including phenoxy) is 2. The van der Waals surface area contributed by atoms with Gasteiger partial charge in [-0.05, 0) is 12.1 Å². The molecule has 0 spiro atoms. The highest BCUT2D eigenvalue weighted by Gasteiger charge is 2.33. The molecule has 0 amide bonds. The first-order chi connectivity index (χ1) is 8.93. The highest BCUT2D eigenvalue weighted by atomic mass is 35.5. The largest absolute Gasteiger partial charge is 0.496 e. The van der Waals surface area contributed by atoms with Gasteiger partial charge in [-0.1, -0.05) is 11.6 Å². The molecule has 19 heavy (non-hydrogen) atoms. The Morgan fingerprint density at radius 2 is 2.16 bits per heavy atom. The van der Waals surface area contributed by atoms with Crippen molar-refractivity contribution >= 4 is 11.6 Å². The molecule has 1 aliphatic rings. The van der Waals surface area contributed by atoms with Crippen molar-refractivity contribution in [2.45, 2.75) is 12.3 Å². The van der Waals surface area contributed by atoms with Crippen LogP contribution in [0.5, 0.6) is 5.75 Å². The van der Waals surface area contributed by atoms with Crippen molar-refractivity contribution in [3.63, 3.8) is 0 Å². The summed E-state index contributed by atoms with van der Waals surface area (Å²) in [4.78, 5) is 0. The summed E-state index contributed by atoms with van der Waals surface area (Å²) in [5.41, 5.74) is -0.383. The third kappa shape index (κ3) is 3.13. The maximum Gasteiger partial charge on any atom is 0.416 e. The average molecular weight is 296 g/mol. The van der Waals surface area contributed by atoms with Crippen molar-refractivity contribution in [3.8, 4) is 5.75 Å². The summed E-state index contributed by atoms with van der Waals surface area (Å²) < 4.78 is 48.6. The molecule has 1 aromatic carbocycles. The number of nitrogens with one attached hydrogen (secondary N) is 1. The number of methoxy groups -OCH3 is 1. The maximum absolute atomic E-state index is 12.7. The minimum Gasteiger partial charge on any atom is -0.496 e. The number of rotatable bonds is 2. The zero-order valence-electron chi connectivity index (χ0n) is 10.2. The highest BCUT2D eigenvalue weighted by molar-refractivity contribution is 6.31. The zero-order chi connectivity index (χ0) is 14.0. The van der Waals surface area contributed by atoms with Gasteiger partial charge in [0.1, 0.15) is 5.75 Å². The summed E-state index contributed by atoms with van der Waals surface area (Å²) in [5.74, 6) is 0.0912. The van der Waals surface area contributed by atoms with E-state index in [1.807, 2.05) is 0 Å². The summed E-state index contributed by atoms with van der Waals surface area (Å²) in [6.07, 6.45) is -4.86. The number of benzene rings is 1. The van der Waals surface area contributed by atoms with Gasteiger partial charge in [0.15, 0.2) is 0 Å². The van der Waals surface area contributed by atoms with Crippen LogP contribution >= 0.6 is 11.6 Å². The van der Waals surface area contributed by atoms with Crippen molar-refractivity contribution in [1.82, 2.24) is 5.32 Å². The first kappa shape index (κ1) is 14.4. The number of alkyl halides is 3. The van der Waals surface area contributed by atoms with Gasteiger partial charge in [-0.3, -0.25) is 0 Å². The van der Waals surface area contributed by atoms with E-state index < -0.39 is 17.8 Å². The van der Waals surface area contributed by atoms with Gasteiger partial charge in [-0.25, -0.2) is 0 Å². The molecule has 0 radical (unpaired) electrons. The molecule has 1 aliphatic heterocycles. The van der Waals surface area contributed by atoms with Crippen molar-refractivity contribution < 1.29 is 22.6 Å². The molecular weight excluding hydrogens is 283 g/mol. The lowest BCUT2D eigenvalue weighted by molar-refractivity contribution is -0.137. The van der Waals surface area contributed by atoms with E-state index in [2.05, 4.69) is 5.32 Å². The molecule has 1 unspecified atom stereocenters. The Bertz CT molecular complexity index is 459. The van der Waals surface area contributed by atoms with Crippen LogP contribution in [0.15, 0.2) is 12.1 Å². The average Bonchev–Trinajstić information content (AvgIpc) is 2.37. The van der Waals surface area contributed by atoms with Crippen LogP contribution in [-0.4, -0.2) is 26.8 Å². The summed E-state index contributed by atoms with van der Waals surface area (Å²) in [5, 5.41) is 3.10. The van der Waals surface area contributed by atoms with E-state index in [1.54, 1.807) is 0 Å². The molecule has 0 saturated carbocycles. The predicted molar refractivity (Wildman–Crippen MR) is 64.6 cm³/mol. The molecule has 3 nitrogen and oxygen atoms in total. The molecule has 1 N–H and O–H groups in total. The van der Waals surface area contributed by atoms with Crippen LogP contribution in [0.3, 0.4) is 0 Å². The Hall–Kier alpha value is -0.980. The molecule has 106 valence electrons. The maximum atomic E-state index is 12.7. The van der Waals surface area contributed by atoms with Gasteiger partial charge in [0.05, 0.1) is 30.4 Å².